The van der Waals surface area contributed by atoms with Crippen LogP contribution in [0, 0.1) is 11.7 Å². The largest absolute Gasteiger partial charge is 0.492 e. The normalized spacial score (nSPS) is 15.7. The van der Waals surface area contributed by atoms with E-state index in [-0.39, 0.29) is 35.9 Å². The number of halogens is 1. The minimum atomic E-state index is -1.38. The third-order valence-corrected chi connectivity index (χ3v) is 6.71. The highest BCUT2D eigenvalue weighted by Crippen LogP contribution is 2.40. The summed E-state index contributed by atoms with van der Waals surface area (Å²) in [6.07, 6.45) is 2.01. The fourth-order valence-corrected chi connectivity index (χ4v) is 4.97. The number of carboxylic acids is 1. The van der Waals surface area contributed by atoms with Crippen LogP contribution < -0.4 is 15.1 Å². The van der Waals surface area contributed by atoms with Crippen molar-refractivity contribution in [3.05, 3.63) is 81.9 Å². The molecule has 1 aromatic heterocycles. The Morgan fingerprint density at radius 1 is 1.17 bits per heavy atom. The predicted octanol–water partition coefficient (Wildman–Crippen LogP) is 3.87. The predicted molar refractivity (Wildman–Crippen MR) is 132 cm³/mol. The zero-order valence-electron chi connectivity index (χ0n) is 19.2. The van der Waals surface area contributed by atoms with E-state index in [2.05, 4.69) is 0 Å². The van der Waals surface area contributed by atoms with E-state index in [4.69, 9.17) is 4.74 Å². The van der Waals surface area contributed by atoms with E-state index >= 15 is 4.39 Å². The fraction of sp³-hybridized carbons (Fsp3) is 0.259. The highest BCUT2D eigenvalue weighted by molar-refractivity contribution is 5.97. The number of carbonyl (C=O) groups is 1. The minimum absolute atomic E-state index is 0.00264. The van der Waals surface area contributed by atoms with Gasteiger partial charge in [-0.3, -0.25) is 4.79 Å². The lowest BCUT2D eigenvalue weighted by Gasteiger charge is -2.24. The van der Waals surface area contributed by atoms with E-state index < -0.39 is 22.8 Å². The van der Waals surface area contributed by atoms with Crippen molar-refractivity contribution in [1.29, 1.82) is 0 Å². The van der Waals surface area contributed by atoms with Gasteiger partial charge in [-0.2, -0.15) is 0 Å². The second-order valence-electron chi connectivity index (χ2n) is 8.91. The molecule has 8 heteroatoms. The van der Waals surface area contributed by atoms with Crippen LogP contribution in [-0.4, -0.2) is 47.6 Å². The molecule has 180 valence electrons. The number of nitrogens with zero attached hydrogens (tertiary/aromatic N) is 2. The molecule has 2 heterocycles. The van der Waals surface area contributed by atoms with E-state index in [0.717, 1.165) is 22.4 Å². The molecule has 0 saturated carbocycles. The van der Waals surface area contributed by atoms with Gasteiger partial charge in [0.2, 0.25) is 5.43 Å². The average Bonchev–Trinajstić information content (AvgIpc) is 3.33. The van der Waals surface area contributed by atoms with E-state index in [1.807, 2.05) is 47.4 Å². The maximum atomic E-state index is 15.4. The number of pyridine rings is 1. The Morgan fingerprint density at radius 2 is 1.94 bits per heavy atom. The number of anilines is 1. The maximum Gasteiger partial charge on any atom is 0.341 e. The molecule has 0 spiro atoms. The number of hydrogen-bond donors (Lipinski definition) is 2. The second-order valence-corrected chi connectivity index (χ2v) is 8.91. The van der Waals surface area contributed by atoms with Crippen LogP contribution in [0.15, 0.2) is 59.5 Å². The van der Waals surface area contributed by atoms with E-state index in [1.54, 1.807) is 4.57 Å². The number of aliphatic hydroxyl groups excluding tert-OH is 1. The molecule has 4 aromatic rings. The number of fused-ring (bicyclic) bond motifs is 2. The number of benzene rings is 3. The van der Waals surface area contributed by atoms with Crippen LogP contribution in [0.25, 0.3) is 21.7 Å². The van der Waals surface area contributed by atoms with Crippen LogP contribution in [0.5, 0.6) is 5.75 Å². The zero-order chi connectivity index (χ0) is 24.7. The molecular formula is C27H25FN2O5. The van der Waals surface area contributed by atoms with Crippen molar-refractivity contribution in [2.75, 3.05) is 31.7 Å². The summed E-state index contributed by atoms with van der Waals surface area (Å²) in [6, 6.07) is 14.9. The first-order chi connectivity index (χ1) is 16.9. The topological polar surface area (TPSA) is 92.0 Å². The molecule has 0 amide bonds. The molecule has 0 unspecified atom stereocenters. The number of hydrogen-bond acceptors (Lipinski definition) is 5. The van der Waals surface area contributed by atoms with Crippen molar-refractivity contribution in [3.8, 4) is 5.75 Å². The Balaban J connectivity index is 1.74. The Kier molecular flexibility index (Phi) is 5.90. The van der Waals surface area contributed by atoms with E-state index in [1.165, 1.54) is 13.3 Å². The summed E-state index contributed by atoms with van der Waals surface area (Å²) in [6.45, 7) is 1.24. The summed E-state index contributed by atoms with van der Waals surface area (Å²) in [5.74, 6) is -1.85. The van der Waals surface area contributed by atoms with Crippen molar-refractivity contribution in [3.63, 3.8) is 0 Å². The van der Waals surface area contributed by atoms with Crippen molar-refractivity contribution < 1.29 is 24.1 Å². The third-order valence-electron chi connectivity index (χ3n) is 6.71. The Morgan fingerprint density at radius 3 is 2.63 bits per heavy atom. The molecule has 7 nitrogen and oxygen atoms in total. The van der Waals surface area contributed by atoms with Crippen LogP contribution in [0.3, 0.4) is 0 Å². The van der Waals surface area contributed by atoms with Crippen molar-refractivity contribution in [2.45, 2.75) is 13.0 Å². The molecule has 0 aliphatic carbocycles. The molecule has 0 bridgehead atoms. The van der Waals surface area contributed by atoms with Gasteiger partial charge in [0.25, 0.3) is 0 Å². The quantitative estimate of drug-likeness (QED) is 0.439. The van der Waals surface area contributed by atoms with Crippen LogP contribution in [0.1, 0.15) is 22.3 Å². The summed E-state index contributed by atoms with van der Waals surface area (Å²) in [5.41, 5.74) is 0.235. The first-order valence-corrected chi connectivity index (χ1v) is 11.4. The van der Waals surface area contributed by atoms with Gasteiger partial charge >= 0.3 is 5.97 Å². The van der Waals surface area contributed by atoms with Crippen molar-refractivity contribution >= 4 is 33.3 Å². The zero-order valence-corrected chi connectivity index (χ0v) is 19.2. The number of rotatable bonds is 6. The molecule has 1 aliphatic rings. The summed E-state index contributed by atoms with van der Waals surface area (Å²) in [5, 5.41) is 21.3. The lowest BCUT2D eigenvalue weighted by molar-refractivity contribution is 0.0694. The molecule has 1 fully saturated rings. The smallest absolute Gasteiger partial charge is 0.341 e. The van der Waals surface area contributed by atoms with Gasteiger partial charge in [-0.1, -0.05) is 36.4 Å². The molecular weight excluding hydrogens is 451 g/mol. The van der Waals surface area contributed by atoms with Gasteiger partial charge < -0.3 is 24.4 Å². The van der Waals surface area contributed by atoms with Crippen molar-refractivity contribution in [1.82, 2.24) is 4.57 Å². The summed E-state index contributed by atoms with van der Waals surface area (Å²) < 4.78 is 22.7. The second kappa shape index (κ2) is 9.03. The molecule has 5 rings (SSSR count). The number of aromatic carboxylic acids is 1. The van der Waals surface area contributed by atoms with E-state index in [0.29, 0.717) is 25.0 Å². The summed E-state index contributed by atoms with van der Waals surface area (Å²) >= 11 is 0. The van der Waals surface area contributed by atoms with Crippen LogP contribution in [-0.2, 0) is 6.54 Å². The fourth-order valence-electron chi connectivity index (χ4n) is 4.97. The molecule has 1 saturated heterocycles. The molecule has 1 aliphatic heterocycles. The number of methoxy groups -OCH3 is 1. The lowest BCUT2D eigenvalue weighted by atomic mass is 10.1. The molecule has 3 aromatic carbocycles. The van der Waals surface area contributed by atoms with Gasteiger partial charge in [-0.25, -0.2) is 9.18 Å². The monoisotopic (exact) mass is 476 g/mol. The highest BCUT2D eigenvalue weighted by atomic mass is 19.1. The molecule has 0 radical (unpaired) electrons. The standard InChI is InChI=1S/C27H25FN2O5/c1-35-26-23-20(11-22(28)24(26)29-9-8-17(13-29)15-31)25(32)21(27(33)34)14-30(23)12-16-6-7-18-4-2-3-5-19(18)10-16/h2-7,10-11,14,17,31H,8-9,12-13,15H2,1H3,(H,33,34)/t17-/m1/s1. The van der Waals surface area contributed by atoms with Gasteiger partial charge in [0.15, 0.2) is 11.6 Å². The SMILES string of the molecule is COc1c(N2CC[C@@H](CO)C2)c(F)cc2c(=O)c(C(=O)O)cn(Cc3ccc4ccccc4c3)c12. The average molecular weight is 477 g/mol. The number of aliphatic hydroxyl groups is 1. The third kappa shape index (κ3) is 4.00. The minimum Gasteiger partial charge on any atom is -0.492 e. The Labute approximate surface area is 200 Å². The Bertz CT molecular complexity index is 1510. The first-order valence-electron chi connectivity index (χ1n) is 11.4. The van der Waals surface area contributed by atoms with Gasteiger partial charge in [-0.15, -0.1) is 0 Å². The lowest BCUT2D eigenvalue weighted by Crippen LogP contribution is -2.24. The first kappa shape index (κ1) is 22.9. The molecule has 35 heavy (non-hydrogen) atoms. The Hall–Kier alpha value is -3.91. The summed E-state index contributed by atoms with van der Waals surface area (Å²) in [7, 11) is 1.41. The number of ether oxygens (including phenoxy) is 1. The highest BCUT2D eigenvalue weighted by Gasteiger charge is 2.30. The van der Waals surface area contributed by atoms with Gasteiger partial charge in [-0.05, 0) is 34.9 Å². The van der Waals surface area contributed by atoms with Gasteiger partial charge in [0.1, 0.15) is 11.3 Å². The van der Waals surface area contributed by atoms with Crippen LogP contribution >= 0.6 is 0 Å². The van der Waals surface area contributed by atoms with Gasteiger partial charge in [0.05, 0.1) is 18.0 Å². The van der Waals surface area contributed by atoms with Gasteiger partial charge in [0, 0.05) is 38.4 Å². The van der Waals surface area contributed by atoms with Crippen LogP contribution in [0.4, 0.5) is 10.1 Å². The number of aromatic nitrogens is 1. The molecule has 2 N–H and O–H groups in total. The maximum absolute atomic E-state index is 15.4. The summed E-state index contributed by atoms with van der Waals surface area (Å²) in [4.78, 5) is 26.7. The van der Waals surface area contributed by atoms with Crippen LogP contribution in [0.2, 0.25) is 0 Å². The number of carboxylic acid groups (broad SMARTS) is 1. The van der Waals surface area contributed by atoms with Crippen molar-refractivity contribution in [2.24, 2.45) is 5.92 Å². The van der Waals surface area contributed by atoms with E-state index in [9.17, 15) is 19.8 Å². The molecule has 1 atom stereocenters.